The van der Waals surface area contributed by atoms with E-state index in [9.17, 15) is 13.6 Å². The van der Waals surface area contributed by atoms with Gasteiger partial charge in [-0.15, -0.1) is 0 Å². The molecule has 0 aromatic heterocycles. The molecule has 0 aliphatic carbocycles. The van der Waals surface area contributed by atoms with Crippen LogP contribution < -0.4 is 0 Å². The first-order valence-electron chi connectivity index (χ1n) is 5.50. The topological polar surface area (TPSA) is 17.1 Å². The first kappa shape index (κ1) is 13.6. The van der Waals surface area contributed by atoms with Gasteiger partial charge in [-0.1, -0.05) is 40.2 Å². The van der Waals surface area contributed by atoms with Gasteiger partial charge < -0.3 is 0 Å². The molecule has 0 spiro atoms. The van der Waals surface area contributed by atoms with Crippen LogP contribution in [0.2, 0.25) is 0 Å². The average Bonchev–Trinajstić information content (AvgIpc) is 2.38. The van der Waals surface area contributed by atoms with Crippen LogP contribution in [0.3, 0.4) is 0 Å². The molecule has 0 saturated heterocycles. The summed E-state index contributed by atoms with van der Waals surface area (Å²) >= 11 is 3.29. The Bertz CT molecular complexity index is 613. The van der Waals surface area contributed by atoms with Gasteiger partial charge in [0, 0.05) is 4.47 Å². The maximum Gasteiger partial charge on any atom is 0.191 e. The van der Waals surface area contributed by atoms with Crippen LogP contribution in [0.4, 0.5) is 8.78 Å². The van der Waals surface area contributed by atoms with E-state index in [1.54, 1.807) is 12.1 Å². The summed E-state index contributed by atoms with van der Waals surface area (Å²) in [5.74, 6) is -2.41. The van der Waals surface area contributed by atoms with E-state index in [0.29, 0.717) is 0 Å². The first-order valence-corrected chi connectivity index (χ1v) is 6.29. The molecule has 0 aliphatic rings. The van der Waals surface area contributed by atoms with E-state index in [0.717, 1.165) is 28.2 Å². The lowest BCUT2D eigenvalue weighted by atomic mass is 10.1. The van der Waals surface area contributed by atoms with Crippen molar-refractivity contribution < 1.29 is 13.6 Å². The number of hydrogen-bond acceptors (Lipinski definition) is 1. The molecule has 96 valence electrons. The molecule has 0 aliphatic heterocycles. The van der Waals surface area contributed by atoms with E-state index in [1.807, 2.05) is 12.1 Å². The van der Waals surface area contributed by atoms with Crippen LogP contribution >= 0.6 is 15.9 Å². The normalized spacial score (nSPS) is 10.9. The Morgan fingerprint density at radius 2 is 1.58 bits per heavy atom. The number of benzene rings is 2. The van der Waals surface area contributed by atoms with Crippen molar-refractivity contribution in [2.24, 2.45) is 0 Å². The fourth-order valence-electron chi connectivity index (χ4n) is 1.56. The monoisotopic (exact) mass is 322 g/mol. The summed E-state index contributed by atoms with van der Waals surface area (Å²) in [5, 5.41) is 0. The summed E-state index contributed by atoms with van der Waals surface area (Å²) in [6.07, 6.45) is 2.67. The Kier molecular flexibility index (Phi) is 4.22. The van der Waals surface area contributed by atoms with Gasteiger partial charge in [0.2, 0.25) is 0 Å². The molecule has 4 heteroatoms. The van der Waals surface area contributed by atoms with E-state index < -0.39 is 23.0 Å². The lowest BCUT2D eigenvalue weighted by Crippen LogP contribution is -2.02. The average molecular weight is 323 g/mol. The minimum absolute atomic E-state index is 0.532. The van der Waals surface area contributed by atoms with Crippen LogP contribution in [0.1, 0.15) is 15.9 Å². The zero-order chi connectivity index (χ0) is 13.8. The lowest BCUT2D eigenvalue weighted by molar-refractivity contribution is 0.104. The summed E-state index contributed by atoms with van der Waals surface area (Å²) in [5.41, 5.74) is 0.240. The predicted molar refractivity (Wildman–Crippen MR) is 73.9 cm³/mol. The zero-order valence-electron chi connectivity index (χ0n) is 9.74. The van der Waals surface area contributed by atoms with Crippen LogP contribution in [0.5, 0.6) is 0 Å². The van der Waals surface area contributed by atoms with Gasteiger partial charge in [-0.05, 0) is 35.9 Å². The Morgan fingerprint density at radius 1 is 1.00 bits per heavy atom. The van der Waals surface area contributed by atoms with Gasteiger partial charge in [0.05, 0.1) is 5.56 Å². The van der Waals surface area contributed by atoms with Crippen LogP contribution in [0.15, 0.2) is 53.0 Å². The fraction of sp³-hybridized carbons (Fsp3) is 0. The van der Waals surface area contributed by atoms with Crippen LogP contribution in [0, 0.1) is 11.6 Å². The molecule has 19 heavy (non-hydrogen) atoms. The van der Waals surface area contributed by atoms with E-state index in [-0.39, 0.29) is 0 Å². The summed E-state index contributed by atoms with van der Waals surface area (Å²) in [7, 11) is 0. The molecule has 2 rings (SSSR count). The molecular formula is C15H9BrF2O. The summed E-state index contributed by atoms with van der Waals surface area (Å²) in [6, 6.07) is 10.5. The molecule has 0 N–H and O–H groups in total. The highest BCUT2D eigenvalue weighted by atomic mass is 79.9. The molecule has 2 aromatic carbocycles. The fourth-order valence-corrected chi connectivity index (χ4v) is 1.83. The molecule has 0 saturated carbocycles. The highest BCUT2D eigenvalue weighted by molar-refractivity contribution is 9.10. The van der Waals surface area contributed by atoms with E-state index in [4.69, 9.17) is 0 Å². The third-order valence-corrected chi connectivity index (χ3v) is 3.03. The number of rotatable bonds is 3. The highest BCUT2D eigenvalue weighted by Crippen LogP contribution is 2.15. The van der Waals surface area contributed by atoms with Crippen molar-refractivity contribution in [1.29, 1.82) is 0 Å². The lowest BCUT2D eigenvalue weighted by Gasteiger charge is -2.00. The van der Waals surface area contributed by atoms with Crippen molar-refractivity contribution in [1.82, 2.24) is 0 Å². The molecule has 0 fully saturated rings. The molecule has 0 heterocycles. The molecule has 2 aromatic rings. The molecule has 0 amide bonds. The van der Waals surface area contributed by atoms with Gasteiger partial charge in [-0.3, -0.25) is 4.79 Å². The maximum atomic E-state index is 13.4. The van der Waals surface area contributed by atoms with Crippen molar-refractivity contribution in [3.63, 3.8) is 0 Å². The van der Waals surface area contributed by atoms with Crippen molar-refractivity contribution in [3.8, 4) is 0 Å². The molecule has 0 radical (unpaired) electrons. The van der Waals surface area contributed by atoms with Crippen molar-refractivity contribution in [3.05, 3.63) is 75.8 Å². The largest absolute Gasteiger partial charge is 0.289 e. The number of ketones is 1. The van der Waals surface area contributed by atoms with E-state index in [1.165, 1.54) is 12.1 Å². The van der Waals surface area contributed by atoms with Gasteiger partial charge in [0.25, 0.3) is 0 Å². The Labute approximate surface area is 117 Å². The quantitative estimate of drug-likeness (QED) is 0.595. The molecule has 0 atom stereocenters. The third-order valence-electron chi connectivity index (χ3n) is 2.51. The summed E-state index contributed by atoms with van der Waals surface area (Å²) < 4.78 is 27.7. The second kappa shape index (κ2) is 5.89. The second-order valence-corrected chi connectivity index (χ2v) is 4.76. The van der Waals surface area contributed by atoms with Gasteiger partial charge in [0.1, 0.15) is 11.6 Å². The SMILES string of the molecule is O=C(/C=C/c1ccc(Br)cc1)c1c(F)cccc1F. The number of halogens is 3. The Morgan fingerprint density at radius 3 is 2.16 bits per heavy atom. The van der Waals surface area contributed by atoms with Gasteiger partial charge >= 0.3 is 0 Å². The standard InChI is InChI=1S/C15H9BrF2O/c16-11-7-4-10(5-8-11)6-9-14(19)15-12(17)2-1-3-13(15)18/h1-9H/b9-6+. The highest BCUT2D eigenvalue weighted by Gasteiger charge is 2.14. The van der Waals surface area contributed by atoms with E-state index >= 15 is 0 Å². The minimum Gasteiger partial charge on any atom is -0.289 e. The van der Waals surface area contributed by atoms with Gasteiger partial charge in [-0.2, -0.15) is 0 Å². The zero-order valence-corrected chi connectivity index (χ0v) is 11.3. The first-order chi connectivity index (χ1) is 9.08. The number of carbonyl (C=O) groups is 1. The van der Waals surface area contributed by atoms with Crippen LogP contribution in [-0.4, -0.2) is 5.78 Å². The van der Waals surface area contributed by atoms with Gasteiger partial charge in [0.15, 0.2) is 5.78 Å². The molecule has 0 bridgehead atoms. The van der Waals surface area contributed by atoms with Gasteiger partial charge in [-0.25, -0.2) is 8.78 Å². The Hall–Kier alpha value is -1.81. The third kappa shape index (κ3) is 3.35. The van der Waals surface area contributed by atoms with Crippen molar-refractivity contribution >= 4 is 27.8 Å². The minimum atomic E-state index is -0.856. The summed E-state index contributed by atoms with van der Waals surface area (Å²) in [6.45, 7) is 0. The van der Waals surface area contributed by atoms with Crippen LogP contribution in [-0.2, 0) is 0 Å². The molecular weight excluding hydrogens is 314 g/mol. The smallest absolute Gasteiger partial charge is 0.191 e. The molecule has 0 unspecified atom stereocenters. The van der Waals surface area contributed by atoms with Crippen molar-refractivity contribution in [2.45, 2.75) is 0 Å². The summed E-state index contributed by atoms with van der Waals surface area (Å²) in [4.78, 5) is 11.8. The predicted octanol–water partition coefficient (Wildman–Crippen LogP) is 4.62. The van der Waals surface area contributed by atoms with Crippen LogP contribution in [0.25, 0.3) is 6.08 Å². The number of hydrogen-bond donors (Lipinski definition) is 0. The Balaban J connectivity index is 2.24. The number of allylic oxidation sites excluding steroid dienone is 1. The second-order valence-electron chi connectivity index (χ2n) is 3.85. The van der Waals surface area contributed by atoms with Crippen molar-refractivity contribution in [2.75, 3.05) is 0 Å². The van der Waals surface area contributed by atoms with E-state index in [2.05, 4.69) is 15.9 Å². The maximum absolute atomic E-state index is 13.4. The number of carbonyl (C=O) groups excluding carboxylic acids is 1. The molecule has 1 nitrogen and oxygen atoms in total.